The summed E-state index contributed by atoms with van der Waals surface area (Å²) in [5.41, 5.74) is 9.37. The topological polar surface area (TPSA) is 115 Å². The van der Waals surface area contributed by atoms with E-state index >= 15 is 8.78 Å². The number of pyridine rings is 1. The van der Waals surface area contributed by atoms with E-state index in [0.717, 1.165) is 25.5 Å². The van der Waals surface area contributed by atoms with E-state index < -0.39 is 39.7 Å². The molecule has 164 valence electrons. The second-order valence-electron chi connectivity index (χ2n) is 8.00. The molecule has 0 spiro atoms. The van der Waals surface area contributed by atoms with E-state index in [1.807, 2.05) is 6.92 Å². The Morgan fingerprint density at radius 2 is 1.87 bits per heavy atom. The van der Waals surface area contributed by atoms with Crippen LogP contribution in [-0.2, 0) is 0 Å². The van der Waals surface area contributed by atoms with Crippen LogP contribution >= 0.6 is 12.4 Å². The third kappa shape index (κ3) is 3.30. The molecular weight excluding hydrogens is 418 g/mol. The van der Waals surface area contributed by atoms with Crippen molar-refractivity contribution in [3.05, 3.63) is 33.6 Å². The number of nitrogens with zero attached hydrogens (tertiary/aromatic N) is 2. The molecule has 1 saturated heterocycles. The summed E-state index contributed by atoms with van der Waals surface area (Å²) in [4.78, 5) is 25.8. The Labute approximate surface area is 178 Å². The Morgan fingerprint density at radius 1 is 1.23 bits per heavy atom. The average Bonchev–Trinajstić information content (AvgIpc) is 3.45. The van der Waals surface area contributed by atoms with Crippen molar-refractivity contribution in [1.29, 1.82) is 0 Å². The fraction of sp³-hybridized carbons (Fsp3) is 0.500. The Hall–Kier alpha value is -2.39. The molecule has 1 aromatic carbocycles. The fourth-order valence-corrected chi connectivity index (χ4v) is 4.47. The molecule has 1 saturated carbocycles. The van der Waals surface area contributed by atoms with Crippen LogP contribution in [0.4, 0.5) is 20.2 Å². The number of halogens is 3. The summed E-state index contributed by atoms with van der Waals surface area (Å²) in [5.74, 6) is -3.04. The highest BCUT2D eigenvalue weighted by Gasteiger charge is 2.37. The molecule has 1 aromatic heterocycles. The van der Waals surface area contributed by atoms with Crippen LogP contribution in [0.1, 0.15) is 42.6 Å². The van der Waals surface area contributed by atoms with Gasteiger partial charge in [0.1, 0.15) is 11.3 Å². The second kappa shape index (κ2) is 8.03. The minimum absolute atomic E-state index is 0. The Bertz CT molecular complexity index is 1060. The van der Waals surface area contributed by atoms with Crippen LogP contribution in [-0.4, -0.2) is 35.3 Å². The van der Waals surface area contributed by atoms with Crippen molar-refractivity contribution >= 4 is 40.7 Å². The molecule has 0 radical (unpaired) electrons. The first-order valence-corrected chi connectivity index (χ1v) is 9.83. The Balaban J connectivity index is 0.00000256. The minimum Gasteiger partial charge on any atom is -0.477 e. The predicted octanol–water partition coefficient (Wildman–Crippen LogP) is 2.74. The number of nitrogen functional groups attached to an aromatic ring is 1. The van der Waals surface area contributed by atoms with Crippen LogP contribution in [0.2, 0.25) is 0 Å². The summed E-state index contributed by atoms with van der Waals surface area (Å²) in [6.07, 6.45) is 3.43. The van der Waals surface area contributed by atoms with E-state index in [-0.39, 0.29) is 41.5 Å². The molecule has 2 fully saturated rings. The molecule has 0 amide bonds. The first-order valence-electron chi connectivity index (χ1n) is 9.83. The molecule has 10 heteroatoms. The lowest BCUT2D eigenvalue weighted by Gasteiger charge is -2.24. The summed E-state index contributed by atoms with van der Waals surface area (Å²) >= 11 is 0. The molecule has 5 N–H and O–H groups in total. The summed E-state index contributed by atoms with van der Waals surface area (Å²) in [6, 6.07) is -0.137. The summed E-state index contributed by atoms with van der Waals surface area (Å²) in [7, 11) is 0. The zero-order chi connectivity index (χ0) is 21.0. The third-order valence-corrected chi connectivity index (χ3v) is 6.25. The molecule has 30 heavy (non-hydrogen) atoms. The van der Waals surface area contributed by atoms with Crippen LogP contribution in [0.3, 0.4) is 0 Å². The number of anilines is 2. The molecule has 2 unspecified atom stereocenters. The molecule has 2 atom stereocenters. The molecule has 1 aliphatic heterocycles. The number of fused-ring (bicyclic) bond motifs is 1. The summed E-state index contributed by atoms with van der Waals surface area (Å²) in [6.45, 7) is 3.26. The van der Waals surface area contributed by atoms with Crippen molar-refractivity contribution in [2.24, 2.45) is 17.6 Å². The lowest BCUT2D eigenvalue weighted by atomic mass is 9.94. The molecular formula is C20H25ClF2N4O3. The molecule has 2 heterocycles. The highest BCUT2D eigenvalue weighted by atomic mass is 35.5. The molecule has 4 rings (SSSR count). The SMILES string of the molecule is CCC1CN(c2c(F)c(N)c3c(=O)c(C(=O)O)cn(C4CC4)c3c2F)CC1CN.Cl. The average molecular weight is 443 g/mol. The number of hydrogen-bond donors (Lipinski definition) is 3. The number of carbonyl (C=O) groups is 1. The van der Waals surface area contributed by atoms with Gasteiger partial charge >= 0.3 is 5.97 Å². The van der Waals surface area contributed by atoms with Crippen LogP contribution in [0.25, 0.3) is 10.9 Å². The molecule has 7 nitrogen and oxygen atoms in total. The Kier molecular flexibility index (Phi) is 5.97. The maximum absolute atomic E-state index is 15.7. The highest BCUT2D eigenvalue weighted by molar-refractivity contribution is 5.99. The van der Waals surface area contributed by atoms with Gasteiger partial charge in [0.15, 0.2) is 11.6 Å². The third-order valence-electron chi connectivity index (χ3n) is 6.25. The molecule has 2 aromatic rings. The largest absolute Gasteiger partial charge is 0.477 e. The van der Waals surface area contributed by atoms with Crippen LogP contribution in [0, 0.1) is 23.5 Å². The fourth-order valence-electron chi connectivity index (χ4n) is 4.47. The second-order valence-corrected chi connectivity index (χ2v) is 8.00. The number of rotatable bonds is 5. The van der Waals surface area contributed by atoms with E-state index in [1.54, 1.807) is 4.90 Å². The minimum atomic E-state index is -1.45. The van der Waals surface area contributed by atoms with Gasteiger partial charge in [0.2, 0.25) is 5.43 Å². The first-order chi connectivity index (χ1) is 13.8. The first kappa shape index (κ1) is 22.3. The summed E-state index contributed by atoms with van der Waals surface area (Å²) < 4.78 is 32.4. The lowest BCUT2D eigenvalue weighted by molar-refractivity contribution is 0.0695. The van der Waals surface area contributed by atoms with Crippen molar-refractivity contribution in [3.8, 4) is 0 Å². The smallest absolute Gasteiger partial charge is 0.341 e. The number of nitrogens with two attached hydrogens (primary N) is 2. The zero-order valence-corrected chi connectivity index (χ0v) is 17.3. The van der Waals surface area contributed by atoms with Gasteiger partial charge in [-0.05, 0) is 31.2 Å². The predicted molar refractivity (Wildman–Crippen MR) is 114 cm³/mol. The number of aromatic carboxylic acids is 1. The monoisotopic (exact) mass is 442 g/mol. The molecule has 2 aliphatic rings. The number of hydrogen-bond acceptors (Lipinski definition) is 5. The normalized spacial score (nSPS) is 21.1. The van der Waals surface area contributed by atoms with Crippen molar-refractivity contribution < 1.29 is 18.7 Å². The number of aromatic nitrogens is 1. The van der Waals surface area contributed by atoms with Gasteiger partial charge in [0.25, 0.3) is 0 Å². The van der Waals surface area contributed by atoms with E-state index in [9.17, 15) is 14.7 Å². The zero-order valence-electron chi connectivity index (χ0n) is 16.5. The van der Waals surface area contributed by atoms with Gasteiger partial charge < -0.3 is 26.0 Å². The van der Waals surface area contributed by atoms with E-state index in [0.29, 0.717) is 19.6 Å². The molecule has 1 aliphatic carbocycles. The number of carboxylic acid groups (broad SMARTS) is 1. The molecule has 0 bridgehead atoms. The Morgan fingerprint density at radius 3 is 2.37 bits per heavy atom. The standard InChI is InChI=1S/C20H24F2N4O3.ClH/c1-2-9-6-25(7-10(9)5-23)18-14(21)16(24)13-17(15(18)22)26(11-3-4-11)8-12(19(13)27)20(28)29;/h8-11H,2-7,23-24H2,1H3,(H,28,29);1H. The van der Waals surface area contributed by atoms with Crippen molar-refractivity contribution in [3.63, 3.8) is 0 Å². The van der Waals surface area contributed by atoms with Crippen molar-refractivity contribution in [1.82, 2.24) is 4.57 Å². The van der Waals surface area contributed by atoms with E-state index in [2.05, 4.69) is 0 Å². The maximum atomic E-state index is 15.7. The van der Waals surface area contributed by atoms with Crippen molar-refractivity contribution in [2.75, 3.05) is 30.3 Å². The lowest BCUT2D eigenvalue weighted by Crippen LogP contribution is -2.27. The van der Waals surface area contributed by atoms with Crippen LogP contribution in [0.15, 0.2) is 11.0 Å². The van der Waals surface area contributed by atoms with Gasteiger partial charge in [-0.3, -0.25) is 4.79 Å². The van der Waals surface area contributed by atoms with Crippen LogP contribution in [0.5, 0.6) is 0 Å². The highest BCUT2D eigenvalue weighted by Crippen LogP contribution is 2.43. The summed E-state index contributed by atoms with van der Waals surface area (Å²) in [5, 5.41) is 8.95. The number of carboxylic acids is 1. The van der Waals surface area contributed by atoms with Gasteiger partial charge in [-0.2, -0.15) is 0 Å². The van der Waals surface area contributed by atoms with Gasteiger partial charge in [0, 0.05) is 25.3 Å². The maximum Gasteiger partial charge on any atom is 0.341 e. The van der Waals surface area contributed by atoms with Gasteiger partial charge in [-0.15, -0.1) is 12.4 Å². The van der Waals surface area contributed by atoms with Gasteiger partial charge in [-0.25, -0.2) is 13.6 Å². The van der Waals surface area contributed by atoms with Gasteiger partial charge in [-0.1, -0.05) is 13.3 Å². The van der Waals surface area contributed by atoms with E-state index in [1.165, 1.54) is 4.57 Å². The number of benzene rings is 1. The quantitative estimate of drug-likeness (QED) is 0.613. The van der Waals surface area contributed by atoms with E-state index in [4.69, 9.17) is 11.5 Å². The van der Waals surface area contributed by atoms with Gasteiger partial charge in [0.05, 0.1) is 16.6 Å². The van der Waals surface area contributed by atoms with Crippen LogP contribution < -0.4 is 21.8 Å². The van der Waals surface area contributed by atoms with Crippen molar-refractivity contribution in [2.45, 2.75) is 32.2 Å².